The maximum absolute atomic E-state index is 10.3. The Morgan fingerprint density at radius 3 is 2.00 bits per heavy atom. The predicted molar refractivity (Wildman–Crippen MR) is 86.8 cm³/mol. The predicted octanol–water partition coefficient (Wildman–Crippen LogP) is 5.52. The fourth-order valence-electron chi connectivity index (χ4n) is 1.80. The minimum absolute atomic E-state index is 0.222. The summed E-state index contributed by atoms with van der Waals surface area (Å²) in [4.78, 5) is 10.3. The van der Waals surface area contributed by atoms with E-state index >= 15 is 0 Å². The van der Waals surface area contributed by atoms with Crippen molar-refractivity contribution in [1.82, 2.24) is 0 Å². The van der Waals surface area contributed by atoms with E-state index in [1.165, 1.54) is 25.7 Å². The Balaban J connectivity index is 3.36. The minimum Gasteiger partial charge on any atom is -0.481 e. The van der Waals surface area contributed by atoms with Gasteiger partial charge < -0.3 is 5.11 Å². The average Bonchev–Trinajstić information content (AvgIpc) is 2.38. The van der Waals surface area contributed by atoms with Crippen molar-refractivity contribution in [3.8, 4) is 0 Å². The molecule has 2 heteroatoms. The molecule has 0 atom stereocenters. The molecule has 0 saturated heterocycles. The monoisotopic (exact) mass is 278 g/mol. The van der Waals surface area contributed by atoms with Crippen LogP contribution in [0.3, 0.4) is 0 Å². The van der Waals surface area contributed by atoms with Gasteiger partial charge >= 0.3 is 5.97 Å². The number of rotatable bonds is 12. The molecule has 0 fully saturated rings. The smallest absolute Gasteiger partial charge is 0.303 e. The van der Waals surface area contributed by atoms with Crippen LogP contribution in [0.15, 0.2) is 36.5 Å². The van der Waals surface area contributed by atoms with Gasteiger partial charge in [0.05, 0.1) is 0 Å². The summed E-state index contributed by atoms with van der Waals surface area (Å²) in [6, 6.07) is 0. The number of allylic oxidation sites excluding steroid dienone is 6. The summed E-state index contributed by atoms with van der Waals surface area (Å²) in [6.07, 6.45) is 20.6. The van der Waals surface area contributed by atoms with Crippen molar-refractivity contribution in [2.75, 3.05) is 0 Å². The first-order valence-corrected chi connectivity index (χ1v) is 7.79. The van der Waals surface area contributed by atoms with E-state index < -0.39 is 5.97 Å². The van der Waals surface area contributed by atoms with Crippen molar-refractivity contribution >= 4 is 5.97 Å². The number of carbonyl (C=O) groups is 1. The second-order valence-corrected chi connectivity index (χ2v) is 5.50. The Kier molecular flexibility index (Phi) is 13.2. The summed E-state index contributed by atoms with van der Waals surface area (Å²) in [5.74, 6) is 0.0918. The van der Waals surface area contributed by atoms with Gasteiger partial charge in [0.2, 0.25) is 0 Å². The molecule has 0 bridgehead atoms. The zero-order valence-corrected chi connectivity index (χ0v) is 13.1. The number of aliphatic carboxylic acids is 1. The molecular weight excluding hydrogens is 248 g/mol. The molecule has 0 aromatic heterocycles. The third-order valence-electron chi connectivity index (χ3n) is 2.97. The molecule has 0 radical (unpaired) electrons. The molecule has 0 heterocycles. The van der Waals surface area contributed by atoms with E-state index in [1.54, 1.807) is 0 Å². The number of hydrogen-bond acceptors (Lipinski definition) is 1. The van der Waals surface area contributed by atoms with Gasteiger partial charge in [-0.05, 0) is 38.0 Å². The van der Waals surface area contributed by atoms with E-state index in [4.69, 9.17) is 5.11 Å². The molecule has 0 rings (SSSR count). The summed E-state index contributed by atoms with van der Waals surface area (Å²) < 4.78 is 0. The standard InChI is InChI=1S/C18H30O2/c1-17(2)15-13-11-9-7-5-3-4-6-8-10-12-14-16-18(19)20/h4-7,10,12,17H,3,8-9,11,13-16H2,1-2H3,(H,19,20). The van der Waals surface area contributed by atoms with Gasteiger partial charge in [-0.1, -0.05) is 63.1 Å². The van der Waals surface area contributed by atoms with E-state index in [-0.39, 0.29) is 6.42 Å². The molecule has 0 amide bonds. The second kappa shape index (κ2) is 14.1. The number of carboxylic acids is 1. The topological polar surface area (TPSA) is 37.3 Å². The largest absolute Gasteiger partial charge is 0.481 e. The van der Waals surface area contributed by atoms with Crippen molar-refractivity contribution in [3.63, 3.8) is 0 Å². The van der Waals surface area contributed by atoms with Gasteiger partial charge in [0.25, 0.3) is 0 Å². The molecular formula is C18H30O2. The lowest BCUT2D eigenvalue weighted by Gasteiger charge is -2.01. The van der Waals surface area contributed by atoms with Crippen molar-refractivity contribution in [2.24, 2.45) is 5.92 Å². The lowest BCUT2D eigenvalue weighted by atomic mass is 10.1. The number of carboxylic acid groups (broad SMARTS) is 1. The summed E-state index contributed by atoms with van der Waals surface area (Å²) in [6.45, 7) is 4.55. The molecule has 0 saturated carbocycles. The molecule has 114 valence electrons. The molecule has 20 heavy (non-hydrogen) atoms. The molecule has 0 unspecified atom stereocenters. The first kappa shape index (κ1) is 18.7. The second-order valence-electron chi connectivity index (χ2n) is 5.50. The Morgan fingerprint density at radius 1 is 0.900 bits per heavy atom. The first-order chi connectivity index (χ1) is 9.63. The van der Waals surface area contributed by atoms with Crippen molar-refractivity contribution in [3.05, 3.63) is 36.5 Å². The molecule has 0 aliphatic heterocycles. The molecule has 0 aromatic rings. The van der Waals surface area contributed by atoms with Gasteiger partial charge in [0, 0.05) is 6.42 Å². The van der Waals surface area contributed by atoms with Gasteiger partial charge in [-0.3, -0.25) is 4.79 Å². The van der Waals surface area contributed by atoms with Crippen LogP contribution in [0, 0.1) is 5.92 Å². The Hall–Kier alpha value is -1.31. The highest BCUT2D eigenvalue weighted by Crippen LogP contribution is 2.08. The van der Waals surface area contributed by atoms with Crippen molar-refractivity contribution in [1.29, 1.82) is 0 Å². The van der Waals surface area contributed by atoms with E-state index in [0.29, 0.717) is 6.42 Å². The summed E-state index contributed by atoms with van der Waals surface area (Å²) in [5.41, 5.74) is 0. The first-order valence-electron chi connectivity index (χ1n) is 7.79. The van der Waals surface area contributed by atoms with Crippen LogP contribution in [0.5, 0.6) is 0 Å². The molecule has 0 aromatic carbocycles. The van der Waals surface area contributed by atoms with Crippen LogP contribution in [-0.4, -0.2) is 11.1 Å². The maximum atomic E-state index is 10.3. The van der Waals surface area contributed by atoms with Crippen LogP contribution in [0.25, 0.3) is 0 Å². The van der Waals surface area contributed by atoms with Crippen LogP contribution in [0.2, 0.25) is 0 Å². The summed E-state index contributed by atoms with van der Waals surface area (Å²) >= 11 is 0. The van der Waals surface area contributed by atoms with Crippen LogP contribution in [-0.2, 0) is 4.79 Å². The Labute approximate surface area is 124 Å². The molecule has 0 aliphatic rings. The van der Waals surface area contributed by atoms with Gasteiger partial charge in [-0.25, -0.2) is 0 Å². The quantitative estimate of drug-likeness (QED) is 0.377. The molecule has 1 N–H and O–H groups in total. The lowest BCUT2D eigenvalue weighted by Crippen LogP contribution is -1.91. The van der Waals surface area contributed by atoms with Gasteiger partial charge in [0.1, 0.15) is 0 Å². The van der Waals surface area contributed by atoms with Crippen molar-refractivity contribution < 1.29 is 9.90 Å². The SMILES string of the molecule is CC(C)CCCCC=CCC=CCC=CCCC(=O)O. The molecule has 0 spiro atoms. The van der Waals surface area contributed by atoms with Gasteiger partial charge in [-0.2, -0.15) is 0 Å². The van der Waals surface area contributed by atoms with E-state index in [9.17, 15) is 4.79 Å². The van der Waals surface area contributed by atoms with Crippen molar-refractivity contribution in [2.45, 2.75) is 65.2 Å². The maximum Gasteiger partial charge on any atom is 0.303 e. The lowest BCUT2D eigenvalue weighted by molar-refractivity contribution is -0.136. The Bertz CT molecular complexity index is 311. The minimum atomic E-state index is -0.733. The molecule has 2 nitrogen and oxygen atoms in total. The van der Waals surface area contributed by atoms with Crippen LogP contribution >= 0.6 is 0 Å². The fraction of sp³-hybridized carbons (Fsp3) is 0.611. The highest BCUT2D eigenvalue weighted by Gasteiger charge is 1.92. The summed E-state index contributed by atoms with van der Waals surface area (Å²) in [7, 11) is 0. The zero-order chi connectivity index (χ0) is 15.1. The van der Waals surface area contributed by atoms with E-state index in [1.807, 2.05) is 12.2 Å². The van der Waals surface area contributed by atoms with Crippen LogP contribution in [0.1, 0.15) is 65.2 Å². The third-order valence-corrected chi connectivity index (χ3v) is 2.97. The van der Waals surface area contributed by atoms with E-state index in [2.05, 4.69) is 38.2 Å². The average molecular weight is 278 g/mol. The van der Waals surface area contributed by atoms with Crippen LogP contribution in [0.4, 0.5) is 0 Å². The highest BCUT2D eigenvalue weighted by atomic mass is 16.4. The number of hydrogen-bond donors (Lipinski definition) is 1. The zero-order valence-electron chi connectivity index (χ0n) is 13.1. The normalized spacial score (nSPS) is 12.3. The molecule has 0 aliphatic carbocycles. The highest BCUT2D eigenvalue weighted by molar-refractivity contribution is 5.66. The van der Waals surface area contributed by atoms with Gasteiger partial charge in [-0.15, -0.1) is 0 Å². The van der Waals surface area contributed by atoms with Gasteiger partial charge in [0.15, 0.2) is 0 Å². The fourth-order valence-corrected chi connectivity index (χ4v) is 1.80. The summed E-state index contributed by atoms with van der Waals surface area (Å²) in [5, 5.41) is 8.46. The third kappa shape index (κ3) is 16.7. The van der Waals surface area contributed by atoms with E-state index in [0.717, 1.165) is 18.8 Å². The Morgan fingerprint density at radius 2 is 1.45 bits per heavy atom. The van der Waals surface area contributed by atoms with Crippen LogP contribution < -0.4 is 0 Å². The number of unbranched alkanes of at least 4 members (excludes halogenated alkanes) is 2.